The summed E-state index contributed by atoms with van der Waals surface area (Å²) in [6, 6.07) is 15.3. The molecule has 7 heteroatoms. The first kappa shape index (κ1) is 18.3. The molecule has 0 bridgehead atoms. The van der Waals surface area contributed by atoms with E-state index in [2.05, 4.69) is 15.8 Å². The largest absolute Gasteiger partial charge is 0.295 e. The van der Waals surface area contributed by atoms with Crippen molar-refractivity contribution in [2.24, 2.45) is 0 Å². The maximum atomic E-state index is 13.1. The standard InChI is InChI=1S/C20H19FN4O2/c1-14(15-5-3-2-4-6-15)11-19(26)23-24-20(27)18-12-22-13-25(18)17-9-7-16(21)8-10-17/h2-10,12-14H,11H2,1H3,(H,23,26)(H,24,27). The quantitative estimate of drug-likeness (QED) is 0.682. The van der Waals surface area contributed by atoms with Crippen LogP contribution in [0.2, 0.25) is 0 Å². The van der Waals surface area contributed by atoms with E-state index in [0.29, 0.717) is 5.69 Å². The molecule has 0 aliphatic carbocycles. The molecule has 2 N–H and O–H groups in total. The van der Waals surface area contributed by atoms with Crippen molar-refractivity contribution in [1.82, 2.24) is 20.4 Å². The first-order valence-electron chi connectivity index (χ1n) is 8.47. The lowest BCUT2D eigenvalue weighted by molar-refractivity contribution is -0.122. The average Bonchev–Trinajstić information content (AvgIpc) is 3.17. The van der Waals surface area contributed by atoms with Gasteiger partial charge in [0, 0.05) is 12.1 Å². The smallest absolute Gasteiger partial charge is 0.288 e. The van der Waals surface area contributed by atoms with Crippen molar-refractivity contribution in [2.75, 3.05) is 0 Å². The molecule has 0 fully saturated rings. The predicted molar refractivity (Wildman–Crippen MR) is 98.6 cm³/mol. The first-order valence-corrected chi connectivity index (χ1v) is 8.47. The van der Waals surface area contributed by atoms with Crippen molar-refractivity contribution in [3.63, 3.8) is 0 Å². The fourth-order valence-electron chi connectivity index (χ4n) is 2.69. The molecule has 1 aromatic heterocycles. The van der Waals surface area contributed by atoms with E-state index >= 15 is 0 Å². The van der Waals surface area contributed by atoms with Gasteiger partial charge in [-0.05, 0) is 35.7 Å². The highest BCUT2D eigenvalue weighted by molar-refractivity contribution is 5.94. The van der Waals surface area contributed by atoms with Gasteiger partial charge in [-0.25, -0.2) is 9.37 Å². The summed E-state index contributed by atoms with van der Waals surface area (Å²) in [5, 5.41) is 0. The van der Waals surface area contributed by atoms with Crippen LogP contribution in [-0.2, 0) is 4.79 Å². The average molecular weight is 366 g/mol. The number of carbonyl (C=O) groups excluding carboxylic acids is 2. The highest BCUT2D eigenvalue weighted by Crippen LogP contribution is 2.18. The van der Waals surface area contributed by atoms with E-state index in [4.69, 9.17) is 0 Å². The molecule has 1 atom stereocenters. The molecule has 3 rings (SSSR count). The summed E-state index contributed by atoms with van der Waals surface area (Å²) in [5.74, 6) is -1.16. The van der Waals surface area contributed by atoms with Crippen LogP contribution < -0.4 is 10.9 Å². The number of hydrogen-bond acceptors (Lipinski definition) is 3. The molecule has 1 unspecified atom stereocenters. The van der Waals surface area contributed by atoms with Crippen LogP contribution in [0.15, 0.2) is 67.1 Å². The van der Waals surface area contributed by atoms with Crippen molar-refractivity contribution in [2.45, 2.75) is 19.3 Å². The number of hydrogen-bond donors (Lipinski definition) is 2. The van der Waals surface area contributed by atoms with E-state index in [9.17, 15) is 14.0 Å². The monoisotopic (exact) mass is 366 g/mol. The second-order valence-corrected chi connectivity index (χ2v) is 6.14. The Kier molecular flexibility index (Phi) is 5.61. The van der Waals surface area contributed by atoms with E-state index in [1.165, 1.54) is 41.4 Å². The summed E-state index contributed by atoms with van der Waals surface area (Å²) >= 11 is 0. The van der Waals surface area contributed by atoms with Crippen LogP contribution in [0.1, 0.15) is 35.3 Å². The Morgan fingerprint density at radius 1 is 1.07 bits per heavy atom. The Bertz CT molecular complexity index is 923. The molecule has 2 amide bonds. The number of amides is 2. The maximum Gasteiger partial charge on any atom is 0.288 e. The highest BCUT2D eigenvalue weighted by Gasteiger charge is 2.15. The Labute approximate surface area is 156 Å². The molecule has 1 heterocycles. The second-order valence-electron chi connectivity index (χ2n) is 6.14. The van der Waals surface area contributed by atoms with Crippen molar-refractivity contribution in [1.29, 1.82) is 0 Å². The lowest BCUT2D eigenvalue weighted by Crippen LogP contribution is -2.42. The van der Waals surface area contributed by atoms with E-state index in [1.54, 1.807) is 0 Å². The fraction of sp³-hybridized carbons (Fsp3) is 0.150. The minimum Gasteiger partial charge on any atom is -0.295 e. The Morgan fingerprint density at radius 3 is 2.48 bits per heavy atom. The third-order valence-corrected chi connectivity index (χ3v) is 4.15. The molecular weight excluding hydrogens is 347 g/mol. The van der Waals surface area contributed by atoms with Gasteiger partial charge in [-0.2, -0.15) is 0 Å². The van der Waals surface area contributed by atoms with Crippen LogP contribution in [0.25, 0.3) is 5.69 Å². The molecule has 0 aliphatic heterocycles. The number of nitrogens with one attached hydrogen (secondary N) is 2. The van der Waals surface area contributed by atoms with Gasteiger partial charge < -0.3 is 0 Å². The summed E-state index contributed by atoms with van der Waals surface area (Å²) in [7, 11) is 0. The van der Waals surface area contributed by atoms with Gasteiger partial charge >= 0.3 is 0 Å². The first-order chi connectivity index (χ1) is 13.0. The van der Waals surface area contributed by atoms with Crippen LogP contribution >= 0.6 is 0 Å². The van der Waals surface area contributed by atoms with Gasteiger partial charge in [0.25, 0.3) is 5.91 Å². The zero-order valence-corrected chi connectivity index (χ0v) is 14.7. The molecular formula is C20H19FN4O2. The molecule has 0 saturated carbocycles. The lowest BCUT2D eigenvalue weighted by atomic mass is 9.98. The zero-order valence-electron chi connectivity index (χ0n) is 14.7. The van der Waals surface area contributed by atoms with Crippen molar-refractivity contribution in [3.05, 3.63) is 84.2 Å². The van der Waals surface area contributed by atoms with Gasteiger partial charge in [-0.3, -0.25) is 25.0 Å². The molecule has 0 spiro atoms. The van der Waals surface area contributed by atoms with Crippen molar-refractivity contribution >= 4 is 11.8 Å². The third-order valence-electron chi connectivity index (χ3n) is 4.15. The summed E-state index contributed by atoms with van der Waals surface area (Å²) < 4.78 is 14.6. The number of nitrogens with zero attached hydrogens (tertiary/aromatic N) is 2. The van der Waals surface area contributed by atoms with E-state index in [-0.39, 0.29) is 29.8 Å². The van der Waals surface area contributed by atoms with E-state index in [1.807, 2.05) is 37.3 Å². The van der Waals surface area contributed by atoms with Crippen LogP contribution in [0.4, 0.5) is 4.39 Å². The SMILES string of the molecule is CC(CC(=O)NNC(=O)c1cncn1-c1ccc(F)cc1)c1ccccc1. The second kappa shape index (κ2) is 8.27. The minimum absolute atomic E-state index is 0.0212. The number of rotatable bonds is 5. The van der Waals surface area contributed by atoms with Gasteiger partial charge in [0.15, 0.2) is 0 Å². The summed E-state index contributed by atoms with van der Waals surface area (Å²) in [6.45, 7) is 1.94. The zero-order chi connectivity index (χ0) is 19.2. The molecule has 0 aliphatic rings. The third kappa shape index (κ3) is 4.58. The van der Waals surface area contributed by atoms with Crippen LogP contribution in [0.3, 0.4) is 0 Å². The van der Waals surface area contributed by atoms with Crippen LogP contribution in [-0.4, -0.2) is 21.4 Å². The minimum atomic E-state index is -0.516. The topological polar surface area (TPSA) is 76.0 Å². The van der Waals surface area contributed by atoms with Gasteiger partial charge in [-0.1, -0.05) is 37.3 Å². The summed E-state index contributed by atoms with van der Waals surface area (Å²) in [5.41, 5.74) is 6.67. The van der Waals surface area contributed by atoms with Crippen LogP contribution in [0.5, 0.6) is 0 Å². The maximum absolute atomic E-state index is 13.1. The fourth-order valence-corrected chi connectivity index (χ4v) is 2.69. The van der Waals surface area contributed by atoms with Crippen LogP contribution in [0, 0.1) is 5.82 Å². The normalized spacial score (nSPS) is 11.6. The summed E-state index contributed by atoms with van der Waals surface area (Å²) in [4.78, 5) is 28.4. The van der Waals surface area contributed by atoms with E-state index in [0.717, 1.165) is 5.56 Å². The molecule has 27 heavy (non-hydrogen) atoms. The number of hydrazine groups is 1. The molecule has 0 radical (unpaired) electrons. The van der Waals surface area contributed by atoms with Crippen molar-refractivity contribution < 1.29 is 14.0 Å². The molecule has 138 valence electrons. The Morgan fingerprint density at radius 2 is 1.78 bits per heavy atom. The summed E-state index contributed by atoms with van der Waals surface area (Å²) in [6.07, 6.45) is 3.06. The predicted octanol–water partition coefficient (Wildman–Crippen LogP) is 2.97. The number of carbonyl (C=O) groups is 2. The Hall–Kier alpha value is -3.48. The van der Waals surface area contributed by atoms with Crippen molar-refractivity contribution in [3.8, 4) is 5.69 Å². The lowest BCUT2D eigenvalue weighted by Gasteiger charge is -2.13. The number of aromatic nitrogens is 2. The molecule has 3 aromatic rings. The number of benzene rings is 2. The van der Waals surface area contributed by atoms with Gasteiger partial charge in [-0.15, -0.1) is 0 Å². The number of imidazole rings is 1. The molecule has 2 aromatic carbocycles. The number of halogens is 1. The van der Waals surface area contributed by atoms with E-state index < -0.39 is 5.91 Å². The molecule has 0 saturated heterocycles. The highest BCUT2D eigenvalue weighted by atomic mass is 19.1. The van der Waals surface area contributed by atoms with Gasteiger partial charge in [0.2, 0.25) is 5.91 Å². The molecule has 6 nitrogen and oxygen atoms in total. The Balaban J connectivity index is 1.59. The van der Waals surface area contributed by atoms with Gasteiger partial charge in [0.05, 0.1) is 12.5 Å². The van der Waals surface area contributed by atoms with Gasteiger partial charge in [0.1, 0.15) is 11.5 Å².